The van der Waals surface area contributed by atoms with E-state index in [4.69, 9.17) is 21.1 Å². The van der Waals surface area contributed by atoms with E-state index in [-0.39, 0.29) is 53.3 Å². The van der Waals surface area contributed by atoms with Crippen molar-refractivity contribution in [2.24, 2.45) is 0 Å². The summed E-state index contributed by atoms with van der Waals surface area (Å²) in [6, 6.07) is 7.98. The zero-order chi connectivity index (χ0) is 36.4. The third-order valence-electron chi connectivity index (χ3n) is 9.41. The second-order valence-electron chi connectivity index (χ2n) is 12.7. The average molecular weight is 770 g/mol. The highest BCUT2D eigenvalue weighted by molar-refractivity contribution is 7.91. The third kappa shape index (κ3) is 7.74. The van der Waals surface area contributed by atoms with Crippen molar-refractivity contribution in [1.82, 2.24) is 29.0 Å². The first-order valence-corrected chi connectivity index (χ1v) is 19.4. The number of thiophene rings is 1. The van der Waals surface area contributed by atoms with E-state index < -0.39 is 28.0 Å². The van der Waals surface area contributed by atoms with Crippen LogP contribution in [0.2, 0.25) is 5.02 Å². The number of hydrogen-bond donors (Lipinski definition) is 0. The lowest BCUT2D eigenvalue weighted by atomic mass is 9.99. The Bertz CT molecular complexity index is 2010. The van der Waals surface area contributed by atoms with E-state index in [9.17, 15) is 28.0 Å². The smallest absolute Gasteiger partial charge is 0.257 e. The number of aromatic nitrogens is 3. The summed E-state index contributed by atoms with van der Waals surface area (Å²) in [7, 11) is -4.14. The van der Waals surface area contributed by atoms with Gasteiger partial charge in [-0.2, -0.15) is 9.04 Å². The van der Waals surface area contributed by atoms with Gasteiger partial charge in [0.1, 0.15) is 4.21 Å². The number of pyridine rings is 1. The summed E-state index contributed by atoms with van der Waals surface area (Å²) in [5, 5.41) is 12.7. The molecule has 0 radical (unpaired) electrons. The third-order valence-corrected chi connectivity index (χ3v) is 13.0. The van der Waals surface area contributed by atoms with Gasteiger partial charge in [-0.15, -0.1) is 11.3 Å². The van der Waals surface area contributed by atoms with E-state index in [0.717, 1.165) is 11.3 Å². The Hall–Kier alpha value is -4.26. The van der Waals surface area contributed by atoms with Crippen LogP contribution < -0.4 is 4.73 Å². The molecule has 2 unspecified atom stereocenters. The van der Waals surface area contributed by atoms with Gasteiger partial charge in [0.25, 0.3) is 15.9 Å². The Morgan fingerprint density at radius 2 is 1.42 bits per heavy atom. The van der Waals surface area contributed by atoms with Crippen molar-refractivity contribution in [2.45, 2.75) is 29.1 Å². The van der Waals surface area contributed by atoms with Crippen LogP contribution in [0.1, 0.15) is 23.2 Å². The summed E-state index contributed by atoms with van der Waals surface area (Å²) in [6.45, 7) is 2.57. The van der Waals surface area contributed by atoms with E-state index in [2.05, 4.69) is 9.97 Å². The maximum Gasteiger partial charge on any atom is 0.257 e. The molecule has 0 saturated carbocycles. The Kier molecular flexibility index (Phi) is 10.7. The SMILES string of the molecule is O=C(CC1CN(S(=O)(=O)c2cc3ccc(Cl)cc3s2)CC(CC(=O)N2CCOCC2)N1C(=O)c1cnc(-c2cc[n+]([O-])cc2)nc1)N1CCOCC1. The highest BCUT2D eigenvalue weighted by atomic mass is 35.5. The Labute approximate surface area is 308 Å². The lowest BCUT2D eigenvalue weighted by molar-refractivity contribution is -0.605. The van der Waals surface area contributed by atoms with Crippen molar-refractivity contribution in [2.75, 3.05) is 65.7 Å². The number of ether oxygens (including phenoxy) is 2. The molecule has 15 nitrogen and oxygen atoms in total. The van der Waals surface area contributed by atoms with Gasteiger partial charge < -0.3 is 29.4 Å². The van der Waals surface area contributed by atoms with Crippen LogP contribution in [0, 0.1) is 5.21 Å². The average Bonchev–Trinajstić information content (AvgIpc) is 3.60. The number of fused-ring (bicyclic) bond motifs is 1. The maximum absolute atomic E-state index is 14.5. The minimum Gasteiger partial charge on any atom is -0.619 e. The Morgan fingerprint density at radius 1 is 0.865 bits per heavy atom. The van der Waals surface area contributed by atoms with E-state index in [1.54, 1.807) is 46.2 Å². The summed E-state index contributed by atoms with van der Waals surface area (Å²) in [5.74, 6) is -0.765. The van der Waals surface area contributed by atoms with Gasteiger partial charge in [0, 0.05) is 91.9 Å². The fourth-order valence-electron chi connectivity index (χ4n) is 6.69. The molecule has 6 heterocycles. The fraction of sp³-hybridized carbons (Fsp3) is 0.412. The number of hydrogen-bond acceptors (Lipinski definition) is 11. The molecular weight excluding hydrogens is 734 g/mol. The van der Waals surface area contributed by atoms with Crippen LogP contribution in [0.5, 0.6) is 0 Å². The number of carbonyl (C=O) groups is 3. The molecule has 0 spiro atoms. The minimum atomic E-state index is -4.14. The molecule has 3 fully saturated rings. The van der Waals surface area contributed by atoms with Crippen molar-refractivity contribution in [3.63, 3.8) is 0 Å². The molecule has 0 aliphatic carbocycles. The van der Waals surface area contributed by atoms with Gasteiger partial charge >= 0.3 is 0 Å². The second-order valence-corrected chi connectivity index (χ2v) is 16.4. The molecule has 3 aliphatic rings. The first-order chi connectivity index (χ1) is 25.1. The summed E-state index contributed by atoms with van der Waals surface area (Å²) in [5.41, 5.74) is 0.667. The predicted molar refractivity (Wildman–Crippen MR) is 190 cm³/mol. The normalized spacial score (nSPS) is 20.3. The van der Waals surface area contributed by atoms with Gasteiger partial charge in [-0.05, 0) is 23.6 Å². The number of halogens is 1. The quantitative estimate of drug-likeness (QED) is 0.191. The van der Waals surface area contributed by atoms with Crippen molar-refractivity contribution < 1.29 is 37.0 Å². The van der Waals surface area contributed by atoms with E-state index in [1.807, 2.05) is 0 Å². The molecule has 3 saturated heterocycles. The number of nitrogens with zero attached hydrogens (tertiary/aromatic N) is 7. The highest BCUT2D eigenvalue weighted by Crippen LogP contribution is 2.35. The fourth-order valence-corrected chi connectivity index (χ4v) is 10.0. The van der Waals surface area contributed by atoms with Crippen LogP contribution in [0.15, 0.2) is 65.4 Å². The second kappa shape index (κ2) is 15.4. The number of amides is 3. The first-order valence-electron chi connectivity index (χ1n) is 16.8. The molecule has 3 aliphatic heterocycles. The summed E-state index contributed by atoms with van der Waals surface area (Å²) < 4.78 is 42.3. The monoisotopic (exact) mass is 769 g/mol. The van der Waals surface area contributed by atoms with E-state index in [1.165, 1.54) is 34.0 Å². The largest absolute Gasteiger partial charge is 0.619 e. The highest BCUT2D eigenvalue weighted by Gasteiger charge is 2.45. The number of piperazine rings is 1. The molecule has 18 heteroatoms. The van der Waals surface area contributed by atoms with Crippen LogP contribution >= 0.6 is 22.9 Å². The van der Waals surface area contributed by atoms with Gasteiger partial charge in [0.2, 0.25) is 11.8 Å². The van der Waals surface area contributed by atoms with Gasteiger partial charge in [-0.3, -0.25) is 14.4 Å². The molecule has 3 amide bonds. The lowest BCUT2D eigenvalue weighted by Gasteiger charge is -2.46. The number of benzene rings is 1. The zero-order valence-corrected chi connectivity index (χ0v) is 30.4. The summed E-state index contributed by atoms with van der Waals surface area (Å²) in [4.78, 5) is 55.6. The van der Waals surface area contributed by atoms with Crippen LogP contribution in [0.3, 0.4) is 0 Å². The molecule has 0 bridgehead atoms. The summed E-state index contributed by atoms with van der Waals surface area (Å²) in [6.07, 6.45) is 4.98. The Morgan fingerprint density at radius 3 is 1.98 bits per heavy atom. The van der Waals surface area contributed by atoms with Crippen LogP contribution in [-0.4, -0.2) is 133 Å². The molecule has 0 N–H and O–H groups in total. The first kappa shape index (κ1) is 36.1. The lowest BCUT2D eigenvalue weighted by Crippen LogP contribution is -2.63. The molecule has 3 aromatic heterocycles. The maximum atomic E-state index is 14.5. The molecule has 4 aromatic rings. The Balaban J connectivity index is 1.25. The van der Waals surface area contributed by atoms with Crippen molar-refractivity contribution in [1.29, 1.82) is 0 Å². The van der Waals surface area contributed by atoms with E-state index >= 15 is 0 Å². The van der Waals surface area contributed by atoms with Crippen molar-refractivity contribution in [3.8, 4) is 11.4 Å². The topological polar surface area (TPSA) is 169 Å². The number of morpholine rings is 2. The van der Waals surface area contributed by atoms with Gasteiger partial charge in [-0.1, -0.05) is 17.7 Å². The van der Waals surface area contributed by atoms with Crippen molar-refractivity contribution >= 4 is 60.8 Å². The molecular formula is C34H36ClN7O8S2. The molecule has 52 heavy (non-hydrogen) atoms. The van der Waals surface area contributed by atoms with Gasteiger partial charge in [0.15, 0.2) is 18.2 Å². The van der Waals surface area contributed by atoms with Crippen LogP contribution in [-0.2, 0) is 29.1 Å². The molecule has 2 atom stereocenters. The number of sulfonamides is 1. The van der Waals surface area contributed by atoms with Crippen LogP contribution in [0.25, 0.3) is 21.5 Å². The molecule has 274 valence electrons. The van der Waals surface area contributed by atoms with Crippen molar-refractivity contribution in [3.05, 3.63) is 77.0 Å². The predicted octanol–water partition coefficient (Wildman–Crippen LogP) is 2.03. The minimum absolute atomic E-state index is 0.0912. The van der Waals surface area contributed by atoms with E-state index in [0.29, 0.717) is 78.0 Å². The summed E-state index contributed by atoms with van der Waals surface area (Å²) >= 11 is 7.28. The molecule has 1 aromatic carbocycles. The number of rotatable bonds is 8. The number of carbonyl (C=O) groups excluding carboxylic acids is 3. The van der Waals surface area contributed by atoms with Gasteiger partial charge in [0.05, 0.1) is 44.1 Å². The molecule has 7 rings (SSSR count). The van der Waals surface area contributed by atoms with Gasteiger partial charge in [-0.25, -0.2) is 18.4 Å². The zero-order valence-electron chi connectivity index (χ0n) is 28.0. The van der Waals surface area contributed by atoms with Crippen LogP contribution in [0.4, 0.5) is 0 Å². The standard InChI is InChI=1S/C34H36ClN7O8S2/c35-26-2-1-24-15-32(51-29(24)16-26)52(47,48)41-21-27(17-30(43)38-7-11-49-12-8-38)42(28(22-41)18-31(44)39-9-13-50-14-10-39)34(45)25-19-36-33(37-20-25)23-3-5-40(46)6-4-23/h1-6,15-16,19-20,27-28H,7-14,17-18,21-22H2.